The lowest BCUT2D eigenvalue weighted by Crippen LogP contribution is -2.46. The SMILES string of the molecule is CCC1CN(CCNC2=NCC(C)N2)CCO1. The first kappa shape index (κ1) is 12.6. The summed E-state index contributed by atoms with van der Waals surface area (Å²) in [6.45, 7) is 10.2. The molecule has 0 bridgehead atoms. The number of hydrogen-bond acceptors (Lipinski definition) is 5. The van der Waals surface area contributed by atoms with Crippen molar-refractivity contribution in [2.24, 2.45) is 4.99 Å². The minimum absolute atomic E-state index is 0.422. The van der Waals surface area contributed by atoms with Crippen LogP contribution in [0, 0.1) is 0 Å². The zero-order chi connectivity index (χ0) is 12.1. The van der Waals surface area contributed by atoms with Gasteiger partial charge in [-0.2, -0.15) is 0 Å². The average Bonchev–Trinajstić information content (AvgIpc) is 2.75. The molecular formula is C12H24N4O. The lowest BCUT2D eigenvalue weighted by molar-refractivity contribution is -0.0287. The second-order valence-corrected chi connectivity index (χ2v) is 4.86. The number of guanidine groups is 1. The molecule has 1 fully saturated rings. The van der Waals surface area contributed by atoms with E-state index >= 15 is 0 Å². The Morgan fingerprint density at radius 3 is 3.18 bits per heavy atom. The number of ether oxygens (including phenoxy) is 1. The van der Waals surface area contributed by atoms with Gasteiger partial charge in [-0.15, -0.1) is 0 Å². The zero-order valence-corrected chi connectivity index (χ0v) is 10.9. The van der Waals surface area contributed by atoms with E-state index in [1.165, 1.54) is 0 Å². The summed E-state index contributed by atoms with van der Waals surface area (Å²) in [6, 6.07) is 0.477. The molecule has 2 atom stereocenters. The highest BCUT2D eigenvalue weighted by Gasteiger charge is 2.18. The first-order chi connectivity index (χ1) is 8.28. The fourth-order valence-electron chi connectivity index (χ4n) is 2.22. The molecule has 0 saturated carbocycles. The van der Waals surface area contributed by atoms with E-state index in [9.17, 15) is 0 Å². The summed E-state index contributed by atoms with van der Waals surface area (Å²) in [5.41, 5.74) is 0. The highest BCUT2D eigenvalue weighted by molar-refractivity contribution is 5.81. The Bertz CT molecular complexity index is 269. The number of nitrogens with zero attached hydrogens (tertiary/aromatic N) is 2. The van der Waals surface area contributed by atoms with Gasteiger partial charge in [-0.1, -0.05) is 6.92 Å². The number of nitrogens with one attached hydrogen (secondary N) is 2. The van der Waals surface area contributed by atoms with Crippen LogP contribution in [-0.4, -0.2) is 62.3 Å². The molecule has 0 spiro atoms. The van der Waals surface area contributed by atoms with Crippen LogP contribution < -0.4 is 10.6 Å². The van der Waals surface area contributed by atoms with Crippen molar-refractivity contribution < 1.29 is 4.74 Å². The standard InChI is InChI=1S/C12H24N4O/c1-3-11-9-16(6-7-17-11)5-4-13-12-14-8-10(2)15-12/h10-11H,3-9H2,1-2H3,(H2,13,14,15). The summed E-state index contributed by atoms with van der Waals surface area (Å²) < 4.78 is 5.65. The maximum Gasteiger partial charge on any atom is 0.191 e. The summed E-state index contributed by atoms with van der Waals surface area (Å²) in [4.78, 5) is 6.84. The molecule has 98 valence electrons. The zero-order valence-electron chi connectivity index (χ0n) is 10.9. The first-order valence-corrected chi connectivity index (χ1v) is 6.66. The minimum Gasteiger partial charge on any atom is -0.376 e. The molecule has 5 nitrogen and oxygen atoms in total. The summed E-state index contributed by atoms with van der Waals surface area (Å²) in [6.07, 6.45) is 1.53. The van der Waals surface area contributed by atoms with Gasteiger partial charge in [0.05, 0.1) is 19.3 Å². The Labute approximate surface area is 104 Å². The molecule has 0 radical (unpaired) electrons. The molecule has 2 aliphatic rings. The summed E-state index contributed by atoms with van der Waals surface area (Å²) in [7, 11) is 0. The second-order valence-electron chi connectivity index (χ2n) is 4.86. The minimum atomic E-state index is 0.422. The van der Waals surface area contributed by atoms with Gasteiger partial charge in [0, 0.05) is 32.2 Å². The monoisotopic (exact) mass is 240 g/mol. The maximum absolute atomic E-state index is 5.65. The van der Waals surface area contributed by atoms with Crippen molar-refractivity contribution in [1.29, 1.82) is 0 Å². The molecule has 2 unspecified atom stereocenters. The van der Waals surface area contributed by atoms with Gasteiger partial charge in [-0.25, -0.2) is 0 Å². The lowest BCUT2D eigenvalue weighted by atomic mass is 10.2. The Morgan fingerprint density at radius 1 is 1.59 bits per heavy atom. The Hall–Kier alpha value is -0.810. The molecule has 2 heterocycles. The summed E-state index contributed by atoms with van der Waals surface area (Å²) in [5.74, 6) is 0.956. The van der Waals surface area contributed by atoms with Crippen LogP contribution in [0.5, 0.6) is 0 Å². The van der Waals surface area contributed by atoms with Crippen LogP contribution in [0.2, 0.25) is 0 Å². The summed E-state index contributed by atoms with van der Waals surface area (Å²) in [5, 5.41) is 6.66. The molecule has 0 aromatic rings. The lowest BCUT2D eigenvalue weighted by Gasteiger charge is -2.32. The molecule has 2 rings (SSSR count). The molecule has 2 N–H and O–H groups in total. The van der Waals surface area contributed by atoms with Gasteiger partial charge in [0.25, 0.3) is 0 Å². The molecule has 0 amide bonds. The van der Waals surface area contributed by atoms with Crippen LogP contribution in [0.15, 0.2) is 4.99 Å². The summed E-state index contributed by atoms with van der Waals surface area (Å²) >= 11 is 0. The number of aliphatic imine (C=N–C) groups is 1. The van der Waals surface area contributed by atoms with Crippen molar-refractivity contribution in [3.63, 3.8) is 0 Å². The molecule has 1 saturated heterocycles. The van der Waals surface area contributed by atoms with Gasteiger partial charge in [-0.3, -0.25) is 9.89 Å². The van der Waals surface area contributed by atoms with Crippen molar-refractivity contribution in [2.75, 3.05) is 39.3 Å². The molecule has 0 aromatic heterocycles. The van der Waals surface area contributed by atoms with Gasteiger partial charge >= 0.3 is 0 Å². The average molecular weight is 240 g/mol. The fraction of sp³-hybridized carbons (Fsp3) is 0.917. The Morgan fingerprint density at radius 2 is 2.47 bits per heavy atom. The predicted octanol–water partition coefficient (Wildman–Crippen LogP) is 0.0345. The number of hydrogen-bond donors (Lipinski definition) is 2. The van der Waals surface area contributed by atoms with Gasteiger partial charge < -0.3 is 15.4 Å². The van der Waals surface area contributed by atoms with E-state index in [-0.39, 0.29) is 0 Å². The largest absolute Gasteiger partial charge is 0.376 e. The van der Waals surface area contributed by atoms with Gasteiger partial charge in [0.1, 0.15) is 0 Å². The third-order valence-electron chi connectivity index (χ3n) is 3.31. The van der Waals surface area contributed by atoms with Gasteiger partial charge in [0.2, 0.25) is 0 Å². The first-order valence-electron chi connectivity index (χ1n) is 6.66. The van der Waals surface area contributed by atoms with Crippen LogP contribution in [0.4, 0.5) is 0 Å². The van der Waals surface area contributed by atoms with Crippen LogP contribution in [0.3, 0.4) is 0 Å². The third kappa shape index (κ3) is 3.85. The van der Waals surface area contributed by atoms with Crippen LogP contribution >= 0.6 is 0 Å². The second kappa shape index (κ2) is 6.21. The normalized spacial score (nSPS) is 29.9. The van der Waals surface area contributed by atoms with E-state index in [4.69, 9.17) is 4.74 Å². The van der Waals surface area contributed by atoms with E-state index in [2.05, 4.69) is 34.4 Å². The Kier molecular flexibility index (Phi) is 4.62. The molecule has 2 aliphatic heterocycles. The van der Waals surface area contributed by atoms with Gasteiger partial charge in [-0.05, 0) is 13.3 Å². The van der Waals surface area contributed by atoms with Crippen LogP contribution in [0.1, 0.15) is 20.3 Å². The Balaban J connectivity index is 1.61. The van der Waals surface area contributed by atoms with Crippen molar-refractivity contribution >= 4 is 5.96 Å². The van der Waals surface area contributed by atoms with Crippen LogP contribution in [-0.2, 0) is 4.74 Å². The molecule has 0 aromatic carbocycles. The van der Waals surface area contributed by atoms with Crippen molar-refractivity contribution in [3.8, 4) is 0 Å². The quantitative estimate of drug-likeness (QED) is 0.728. The van der Waals surface area contributed by atoms with Crippen molar-refractivity contribution in [1.82, 2.24) is 15.5 Å². The van der Waals surface area contributed by atoms with Gasteiger partial charge in [0.15, 0.2) is 5.96 Å². The predicted molar refractivity (Wildman–Crippen MR) is 69.4 cm³/mol. The van der Waals surface area contributed by atoms with Crippen molar-refractivity contribution in [3.05, 3.63) is 0 Å². The molecule has 5 heteroatoms. The molecule has 17 heavy (non-hydrogen) atoms. The smallest absolute Gasteiger partial charge is 0.191 e. The number of rotatable bonds is 4. The third-order valence-corrected chi connectivity index (χ3v) is 3.31. The molecule has 0 aliphatic carbocycles. The fourth-order valence-corrected chi connectivity index (χ4v) is 2.22. The van der Waals surface area contributed by atoms with Crippen LogP contribution in [0.25, 0.3) is 0 Å². The van der Waals surface area contributed by atoms with E-state index in [0.717, 1.165) is 51.7 Å². The van der Waals surface area contributed by atoms with E-state index in [1.54, 1.807) is 0 Å². The highest BCUT2D eigenvalue weighted by Crippen LogP contribution is 2.07. The van der Waals surface area contributed by atoms with Crippen molar-refractivity contribution in [2.45, 2.75) is 32.4 Å². The molecular weight excluding hydrogens is 216 g/mol. The van der Waals surface area contributed by atoms with E-state index in [1.807, 2.05) is 0 Å². The topological polar surface area (TPSA) is 48.9 Å². The maximum atomic E-state index is 5.65. The number of morpholine rings is 1. The highest BCUT2D eigenvalue weighted by atomic mass is 16.5. The van der Waals surface area contributed by atoms with E-state index < -0.39 is 0 Å². The van der Waals surface area contributed by atoms with E-state index in [0.29, 0.717) is 12.1 Å².